The highest BCUT2D eigenvalue weighted by Crippen LogP contribution is 2.32. The minimum Gasteiger partial charge on any atom is -0.508 e. The predicted molar refractivity (Wildman–Crippen MR) is 100 cm³/mol. The molecule has 0 amide bonds. The van der Waals surface area contributed by atoms with E-state index in [4.69, 9.17) is 0 Å². The molecule has 0 aliphatic heterocycles. The minimum absolute atomic E-state index is 0.208. The first-order valence-corrected chi connectivity index (χ1v) is 8.48. The van der Waals surface area contributed by atoms with Crippen molar-refractivity contribution in [1.29, 1.82) is 0 Å². The molecule has 0 atom stereocenters. The molecule has 0 spiro atoms. The maximum absolute atomic E-state index is 13.1. The van der Waals surface area contributed by atoms with Crippen LogP contribution in [-0.4, -0.2) is 15.2 Å². The maximum atomic E-state index is 13.1. The molecule has 4 heteroatoms. The van der Waals surface area contributed by atoms with Gasteiger partial charge in [0.25, 0.3) is 0 Å². The number of phenolic OH excluding ortho intramolecular Hbond substituents is 2. The summed E-state index contributed by atoms with van der Waals surface area (Å²) in [7, 11) is 0. The van der Waals surface area contributed by atoms with Gasteiger partial charge in [-0.3, -0.25) is 0 Å². The average molecular weight is 349 g/mol. The highest BCUT2D eigenvalue weighted by atomic mass is 19.1. The first-order valence-electron chi connectivity index (χ1n) is 8.48. The van der Waals surface area contributed by atoms with E-state index in [2.05, 4.69) is 11.9 Å². The van der Waals surface area contributed by atoms with Gasteiger partial charge in [-0.15, -0.1) is 0 Å². The average Bonchev–Trinajstić information content (AvgIpc) is 2.65. The minimum atomic E-state index is -0.493. The molecule has 0 fully saturated rings. The lowest BCUT2D eigenvalue weighted by Gasteiger charge is -2.16. The van der Waals surface area contributed by atoms with Gasteiger partial charge in [-0.05, 0) is 65.4 Å². The third-order valence-corrected chi connectivity index (χ3v) is 4.30. The summed E-state index contributed by atoms with van der Waals surface area (Å²) in [4.78, 5) is 3.74. The SMILES string of the molecule is CCC(Cc1ccc(F)nc1)=C(c1ccc(O)cc1)c1ccc(O)cc1. The molecule has 132 valence electrons. The lowest BCUT2D eigenvalue weighted by Crippen LogP contribution is -1.99. The van der Waals surface area contributed by atoms with Crippen LogP contribution in [0.3, 0.4) is 0 Å². The fraction of sp³-hybridized carbons (Fsp3) is 0.136. The smallest absolute Gasteiger partial charge is 0.212 e. The van der Waals surface area contributed by atoms with Crippen molar-refractivity contribution in [2.75, 3.05) is 0 Å². The van der Waals surface area contributed by atoms with Crippen LogP contribution in [0.1, 0.15) is 30.0 Å². The quantitative estimate of drug-likeness (QED) is 0.631. The number of allylic oxidation sites excluding steroid dienone is 1. The molecule has 1 heterocycles. The van der Waals surface area contributed by atoms with Crippen LogP contribution in [0.2, 0.25) is 0 Å². The second-order valence-electron chi connectivity index (χ2n) is 6.09. The van der Waals surface area contributed by atoms with Gasteiger partial charge in [-0.2, -0.15) is 4.39 Å². The van der Waals surface area contributed by atoms with Crippen molar-refractivity contribution in [2.45, 2.75) is 19.8 Å². The largest absolute Gasteiger partial charge is 0.508 e. The van der Waals surface area contributed by atoms with Gasteiger partial charge in [0.05, 0.1) is 0 Å². The van der Waals surface area contributed by atoms with E-state index in [1.54, 1.807) is 36.5 Å². The Morgan fingerprint density at radius 2 is 1.38 bits per heavy atom. The van der Waals surface area contributed by atoms with E-state index >= 15 is 0 Å². The van der Waals surface area contributed by atoms with Crippen molar-refractivity contribution in [1.82, 2.24) is 4.98 Å². The monoisotopic (exact) mass is 349 g/mol. The van der Waals surface area contributed by atoms with Crippen LogP contribution in [-0.2, 0) is 6.42 Å². The van der Waals surface area contributed by atoms with E-state index in [1.807, 2.05) is 24.3 Å². The molecule has 3 aromatic rings. The number of hydrogen-bond donors (Lipinski definition) is 2. The van der Waals surface area contributed by atoms with Crippen molar-refractivity contribution in [3.63, 3.8) is 0 Å². The molecular formula is C22H20FNO2. The van der Waals surface area contributed by atoms with Crippen LogP contribution >= 0.6 is 0 Å². The lowest BCUT2D eigenvalue weighted by atomic mass is 9.89. The van der Waals surface area contributed by atoms with Gasteiger partial charge >= 0.3 is 0 Å². The number of benzene rings is 2. The Bertz CT molecular complexity index is 851. The van der Waals surface area contributed by atoms with Crippen LogP contribution in [0.4, 0.5) is 4.39 Å². The Balaban J connectivity index is 2.11. The number of halogens is 1. The van der Waals surface area contributed by atoms with Crippen LogP contribution in [0.25, 0.3) is 5.57 Å². The molecule has 0 unspecified atom stereocenters. The zero-order valence-electron chi connectivity index (χ0n) is 14.5. The Morgan fingerprint density at radius 3 is 1.81 bits per heavy atom. The summed E-state index contributed by atoms with van der Waals surface area (Å²) >= 11 is 0. The van der Waals surface area contributed by atoms with Gasteiger partial charge in [0.15, 0.2) is 0 Å². The van der Waals surface area contributed by atoms with Crippen molar-refractivity contribution in [3.8, 4) is 11.5 Å². The third kappa shape index (κ3) is 4.09. The molecule has 0 saturated heterocycles. The number of pyridine rings is 1. The molecule has 0 bridgehead atoms. The third-order valence-electron chi connectivity index (χ3n) is 4.30. The second kappa shape index (κ2) is 7.83. The Hall–Kier alpha value is -3.14. The zero-order chi connectivity index (χ0) is 18.5. The molecule has 1 aromatic heterocycles. The molecule has 0 aliphatic carbocycles. The molecule has 3 rings (SSSR count). The number of hydrogen-bond acceptors (Lipinski definition) is 3. The van der Waals surface area contributed by atoms with Crippen molar-refractivity contribution >= 4 is 5.57 Å². The van der Waals surface area contributed by atoms with Crippen LogP contribution < -0.4 is 0 Å². The topological polar surface area (TPSA) is 53.4 Å². The van der Waals surface area contributed by atoms with E-state index in [-0.39, 0.29) is 11.5 Å². The summed E-state index contributed by atoms with van der Waals surface area (Å²) in [6.07, 6.45) is 2.99. The van der Waals surface area contributed by atoms with Crippen LogP contribution in [0, 0.1) is 5.95 Å². The molecule has 0 saturated carbocycles. The number of nitrogens with zero attached hydrogens (tertiary/aromatic N) is 1. The predicted octanol–water partition coefficient (Wildman–Crippen LogP) is 5.09. The van der Waals surface area contributed by atoms with Gasteiger partial charge in [-0.1, -0.05) is 42.8 Å². The molecular weight excluding hydrogens is 329 g/mol. The Labute approximate surface area is 152 Å². The molecule has 3 nitrogen and oxygen atoms in total. The molecule has 26 heavy (non-hydrogen) atoms. The van der Waals surface area contributed by atoms with Gasteiger partial charge in [0.1, 0.15) is 11.5 Å². The summed E-state index contributed by atoms with van der Waals surface area (Å²) in [5.74, 6) is -0.0766. The van der Waals surface area contributed by atoms with E-state index in [9.17, 15) is 14.6 Å². The van der Waals surface area contributed by atoms with Crippen LogP contribution in [0.5, 0.6) is 11.5 Å². The number of aromatic hydroxyl groups is 2. The number of rotatable bonds is 5. The summed E-state index contributed by atoms with van der Waals surface area (Å²) < 4.78 is 13.1. The Kier molecular flexibility index (Phi) is 5.32. The molecule has 2 aromatic carbocycles. The summed E-state index contributed by atoms with van der Waals surface area (Å²) in [6, 6.07) is 17.2. The maximum Gasteiger partial charge on any atom is 0.212 e. The normalized spacial score (nSPS) is 10.5. The zero-order valence-corrected chi connectivity index (χ0v) is 14.5. The summed E-state index contributed by atoms with van der Waals surface area (Å²) in [5, 5.41) is 19.2. The first kappa shape index (κ1) is 17.7. The summed E-state index contributed by atoms with van der Waals surface area (Å²) in [6.45, 7) is 2.08. The summed E-state index contributed by atoms with van der Waals surface area (Å²) in [5.41, 5.74) is 5.07. The van der Waals surface area contributed by atoms with Gasteiger partial charge in [0, 0.05) is 6.20 Å². The number of aromatic nitrogens is 1. The standard InChI is InChI=1S/C22H20FNO2/c1-2-16(13-15-3-12-21(23)24-14-15)22(17-4-8-19(25)9-5-17)18-6-10-20(26)11-7-18/h3-12,14,25-26H,2,13H2,1H3. The molecule has 0 radical (unpaired) electrons. The van der Waals surface area contributed by atoms with Crippen molar-refractivity contribution < 1.29 is 14.6 Å². The second-order valence-corrected chi connectivity index (χ2v) is 6.09. The van der Waals surface area contributed by atoms with Crippen molar-refractivity contribution in [3.05, 3.63) is 95.1 Å². The Morgan fingerprint density at radius 1 is 0.846 bits per heavy atom. The van der Waals surface area contributed by atoms with Crippen LogP contribution in [0.15, 0.2) is 72.4 Å². The van der Waals surface area contributed by atoms with Crippen molar-refractivity contribution in [2.24, 2.45) is 0 Å². The van der Waals surface area contributed by atoms with Gasteiger partial charge in [0.2, 0.25) is 5.95 Å². The highest BCUT2D eigenvalue weighted by Gasteiger charge is 2.12. The fourth-order valence-corrected chi connectivity index (χ4v) is 2.98. The van der Waals surface area contributed by atoms with E-state index in [0.717, 1.165) is 34.3 Å². The van der Waals surface area contributed by atoms with Gasteiger partial charge in [-0.25, -0.2) is 4.98 Å². The molecule has 0 aliphatic rings. The first-order chi connectivity index (χ1) is 12.6. The fourth-order valence-electron chi connectivity index (χ4n) is 2.98. The van der Waals surface area contributed by atoms with E-state index in [0.29, 0.717) is 6.42 Å². The molecule has 2 N–H and O–H groups in total. The lowest BCUT2D eigenvalue weighted by molar-refractivity contribution is 0.475. The van der Waals surface area contributed by atoms with Gasteiger partial charge < -0.3 is 10.2 Å². The number of phenols is 2. The van der Waals surface area contributed by atoms with E-state index in [1.165, 1.54) is 6.07 Å². The van der Waals surface area contributed by atoms with E-state index < -0.39 is 5.95 Å². The highest BCUT2D eigenvalue weighted by molar-refractivity contribution is 5.82.